The molecule has 0 radical (unpaired) electrons. The van der Waals surface area contributed by atoms with Crippen molar-refractivity contribution in [2.24, 2.45) is 0 Å². The van der Waals surface area contributed by atoms with Gasteiger partial charge in [0.1, 0.15) is 23.9 Å². The summed E-state index contributed by atoms with van der Waals surface area (Å²) in [5.74, 6) is 1.14. The molecule has 2 aliphatic rings. The van der Waals surface area contributed by atoms with Gasteiger partial charge in [0.25, 0.3) is 5.91 Å². The molecule has 0 atom stereocenters. The molecule has 0 saturated carbocycles. The summed E-state index contributed by atoms with van der Waals surface area (Å²) in [6, 6.07) is 5.43. The molecule has 10 heteroatoms. The van der Waals surface area contributed by atoms with Gasteiger partial charge < -0.3 is 20.9 Å². The number of rotatable bonds is 4. The highest BCUT2D eigenvalue weighted by Gasteiger charge is 2.21. The van der Waals surface area contributed by atoms with Gasteiger partial charge in [-0.15, -0.1) is 0 Å². The number of nitrogens with two attached hydrogens (primary N) is 1. The topological polar surface area (TPSA) is 122 Å². The Hall–Kier alpha value is -4.47. The number of aromatic nitrogens is 4. The first-order chi connectivity index (χ1) is 16.8. The fourth-order valence-electron chi connectivity index (χ4n) is 4.17. The molecule has 0 spiro atoms. The number of nitrogens with zero attached hydrogens (tertiary/aromatic N) is 6. The van der Waals surface area contributed by atoms with Crippen LogP contribution < -0.4 is 11.1 Å². The van der Waals surface area contributed by atoms with Crippen molar-refractivity contribution < 1.29 is 9.59 Å². The Balaban J connectivity index is 1.41. The van der Waals surface area contributed by atoms with Gasteiger partial charge in [-0.05, 0) is 29.2 Å². The lowest BCUT2D eigenvalue weighted by atomic mass is 10.1. The minimum Gasteiger partial charge on any atom is -0.383 e. The number of fused-ring (bicyclic) bond motifs is 2. The highest BCUT2D eigenvalue weighted by atomic mass is 16.2. The number of pyridine rings is 2. The number of carbonyl (C=O) groups is 2. The quantitative estimate of drug-likeness (QED) is 0.601. The maximum Gasteiger partial charge on any atom is 0.276 e. The van der Waals surface area contributed by atoms with Crippen LogP contribution in [-0.4, -0.2) is 62.0 Å². The smallest absolute Gasteiger partial charge is 0.276 e. The fraction of sp³-hybridized carbons (Fsp3) is 0.240. The Morgan fingerprint density at radius 3 is 2.89 bits per heavy atom. The van der Waals surface area contributed by atoms with Crippen LogP contribution in [0.25, 0.3) is 10.8 Å². The SMILES string of the molecule is C=C1C=CC=C(N(C)C(=O)c2cc3cc(Nc4cc5n(n4)CC(=O)N(C)CC5)ncc3c(N)n2)C1. The number of likely N-dealkylation sites (N-methyl/N-ethyl adjacent to an activating group) is 1. The lowest BCUT2D eigenvalue weighted by Crippen LogP contribution is -2.29. The zero-order valence-electron chi connectivity index (χ0n) is 19.7. The van der Waals surface area contributed by atoms with E-state index in [1.165, 1.54) is 0 Å². The largest absolute Gasteiger partial charge is 0.383 e. The van der Waals surface area contributed by atoms with E-state index in [2.05, 4.69) is 27.0 Å². The van der Waals surface area contributed by atoms with Gasteiger partial charge in [-0.3, -0.25) is 14.3 Å². The van der Waals surface area contributed by atoms with Gasteiger partial charge in [0, 0.05) is 62.5 Å². The first-order valence-electron chi connectivity index (χ1n) is 11.3. The molecule has 1 aliphatic heterocycles. The van der Waals surface area contributed by atoms with E-state index < -0.39 is 0 Å². The summed E-state index contributed by atoms with van der Waals surface area (Å²) in [6.07, 6.45) is 8.63. The molecule has 0 bridgehead atoms. The van der Waals surface area contributed by atoms with Gasteiger partial charge in [-0.25, -0.2) is 9.97 Å². The summed E-state index contributed by atoms with van der Waals surface area (Å²) in [5, 5.41) is 9.09. The molecule has 0 aromatic carbocycles. The summed E-state index contributed by atoms with van der Waals surface area (Å²) in [5.41, 5.74) is 9.16. The maximum atomic E-state index is 13.2. The van der Waals surface area contributed by atoms with Gasteiger partial charge in [0.05, 0.1) is 0 Å². The van der Waals surface area contributed by atoms with Crippen LogP contribution in [0.4, 0.5) is 17.5 Å². The standard InChI is InChI=1S/C25H26N8O2/c1-15-5-4-6-17(9-15)32(3)25(35)20-10-16-11-21(27-13-19(16)24(26)28-20)29-22-12-18-7-8-31(2)23(34)14-33(18)30-22/h4-6,10-13H,1,7-9,14H2,2-3H3,(H2,26,28)(H,27,29,30). The number of carbonyl (C=O) groups excluding carboxylic acids is 2. The predicted octanol–water partition coefficient (Wildman–Crippen LogP) is 2.64. The van der Waals surface area contributed by atoms with Crippen molar-refractivity contribution >= 4 is 40.0 Å². The van der Waals surface area contributed by atoms with Crippen molar-refractivity contribution in [2.75, 3.05) is 31.7 Å². The zero-order valence-corrected chi connectivity index (χ0v) is 19.7. The van der Waals surface area contributed by atoms with E-state index >= 15 is 0 Å². The predicted molar refractivity (Wildman–Crippen MR) is 134 cm³/mol. The zero-order chi connectivity index (χ0) is 24.7. The van der Waals surface area contributed by atoms with Crippen molar-refractivity contribution in [3.05, 3.63) is 71.9 Å². The van der Waals surface area contributed by atoms with Crippen LogP contribution in [0.3, 0.4) is 0 Å². The van der Waals surface area contributed by atoms with Crippen LogP contribution in [0.15, 0.2) is 60.5 Å². The number of allylic oxidation sites excluding steroid dienone is 4. The molecule has 5 rings (SSSR count). The lowest BCUT2D eigenvalue weighted by Gasteiger charge is -2.22. The van der Waals surface area contributed by atoms with Crippen LogP contribution in [0.2, 0.25) is 0 Å². The molecule has 35 heavy (non-hydrogen) atoms. The number of nitrogen functional groups attached to an aromatic ring is 1. The van der Waals surface area contributed by atoms with Crippen LogP contribution in [-0.2, 0) is 17.8 Å². The first kappa shape index (κ1) is 22.3. The third kappa shape index (κ3) is 4.37. The average Bonchev–Trinajstić information content (AvgIpc) is 3.15. The Kier molecular flexibility index (Phi) is 5.56. The summed E-state index contributed by atoms with van der Waals surface area (Å²) in [7, 11) is 3.51. The van der Waals surface area contributed by atoms with E-state index in [1.807, 2.05) is 24.3 Å². The van der Waals surface area contributed by atoms with E-state index in [-0.39, 0.29) is 29.9 Å². The van der Waals surface area contributed by atoms with Gasteiger partial charge in [-0.1, -0.05) is 18.7 Å². The van der Waals surface area contributed by atoms with Crippen LogP contribution in [0.5, 0.6) is 0 Å². The molecule has 0 unspecified atom stereocenters. The molecule has 1 aliphatic carbocycles. The molecule has 4 heterocycles. The average molecular weight is 471 g/mol. The minimum atomic E-state index is -0.258. The Morgan fingerprint density at radius 2 is 2.09 bits per heavy atom. The Bertz CT molecular complexity index is 1430. The third-order valence-corrected chi connectivity index (χ3v) is 6.26. The maximum absolute atomic E-state index is 13.2. The fourth-order valence-corrected chi connectivity index (χ4v) is 4.17. The second-order valence-corrected chi connectivity index (χ2v) is 8.77. The second kappa shape index (κ2) is 8.71. The van der Waals surface area contributed by atoms with Crippen molar-refractivity contribution in [3.63, 3.8) is 0 Å². The molecule has 0 saturated heterocycles. The molecule has 3 aromatic rings. The van der Waals surface area contributed by atoms with Crippen LogP contribution in [0, 0.1) is 0 Å². The molecule has 3 N–H and O–H groups in total. The van der Waals surface area contributed by atoms with Crippen molar-refractivity contribution in [3.8, 4) is 0 Å². The molecule has 10 nitrogen and oxygen atoms in total. The molecule has 178 valence electrons. The molecular weight excluding hydrogens is 444 g/mol. The number of hydrogen-bond acceptors (Lipinski definition) is 7. The van der Waals surface area contributed by atoms with E-state index in [1.54, 1.807) is 46.9 Å². The molecule has 2 amide bonds. The van der Waals surface area contributed by atoms with Gasteiger partial charge in [-0.2, -0.15) is 5.10 Å². The normalized spacial score (nSPS) is 15.6. The molecule has 0 fully saturated rings. The Morgan fingerprint density at radius 1 is 1.26 bits per heavy atom. The van der Waals surface area contributed by atoms with E-state index in [0.717, 1.165) is 28.8 Å². The number of amides is 2. The number of anilines is 3. The third-order valence-electron chi connectivity index (χ3n) is 6.26. The van der Waals surface area contributed by atoms with E-state index in [9.17, 15) is 9.59 Å². The van der Waals surface area contributed by atoms with Gasteiger partial charge >= 0.3 is 0 Å². The number of nitrogens with one attached hydrogen (secondary N) is 1. The highest BCUT2D eigenvalue weighted by molar-refractivity contribution is 6.00. The highest BCUT2D eigenvalue weighted by Crippen LogP contribution is 2.26. The van der Waals surface area contributed by atoms with Crippen LogP contribution in [0.1, 0.15) is 22.6 Å². The van der Waals surface area contributed by atoms with E-state index in [0.29, 0.717) is 30.0 Å². The van der Waals surface area contributed by atoms with Gasteiger partial charge in [0.15, 0.2) is 5.82 Å². The van der Waals surface area contributed by atoms with Crippen LogP contribution >= 0.6 is 0 Å². The summed E-state index contributed by atoms with van der Waals surface area (Å²) in [6.45, 7) is 4.83. The van der Waals surface area contributed by atoms with Crippen molar-refractivity contribution in [1.82, 2.24) is 29.5 Å². The second-order valence-electron chi connectivity index (χ2n) is 8.77. The summed E-state index contributed by atoms with van der Waals surface area (Å²) in [4.78, 5) is 37.3. The molecule has 3 aromatic heterocycles. The molecular formula is C25H26N8O2. The first-order valence-corrected chi connectivity index (χ1v) is 11.3. The van der Waals surface area contributed by atoms with Crippen molar-refractivity contribution in [1.29, 1.82) is 0 Å². The summed E-state index contributed by atoms with van der Waals surface area (Å²) >= 11 is 0. The van der Waals surface area contributed by atoms with Gasteiger partial charge in [0.2, 0.25) is 5.91 Å². The monoisotopic (exact) mass is 470 g/mol. The number of hydrogen-bond donors (Lipinski definition) is 2. The van der Waals surface area contributed by atoms with E-state index in [4.69, 9.17) is 5.73 Å². The van der Waals surface area contributed by atoms with Crippen molar-refractivity contribution in [2.45, 2.75) is 19.4 Å². The Labute approximate surface area is 202 Å². The lowest BCUT2D eigenvalue weighted by molar-refractivity contribution is -0.130. The minimum absolute atomic E-state index is 0.0247. The summed E-state index contributed by atoms with van der Waals surface area (Å²) < 4.78 is 1.72.